The van der Waals surface area contributed by atoms with Crippen molar-refractivity contribution in [3.05, 3.63) is 0 Å². The van der Waals surface area contributed by atoms with Crippen LogP contribution in [0.1, 0.15) is 19.3 Å². The molecule has 0 aliphatic rings. The van der Waals surface area contributed by atoms with Crippen molar-refractivity contribution in [3.8, 4) is 0 Å². The first-order valence-corrected chi connectivity index (χ1v) is 3.91. The fraction of sp³-hybridized carbons (Fsp3) is 0.714. The highest BCUT2D eigenvalue weighted by molar-refractivity contribution is 5.71. The van der Waals surface area contributed by atoms with Crippen LogP contribution in [0.2, 0.25) is 0 Å². The maximum absolute atomic E-state index is 10.8. The van der Waals surface area contributed by atoms with Crippen LogP contribution in [-0.2, 0) is 14.3 Å². The van der Waals surface area contributed by atoms with Gasteiger partial charge in [-0.2, -0.15) is 0 Å². The third-order valence-corrected chi connectivity index (χ3v) is 1.25. The van der Waals surface area contributed by atoms with Gasteiger partial charge in [0, 0.05) is 12.8 Å². The van der Waals surface area contributed by atoms with E-state index in [1.807, 2.05) is 5.48 Å². The van der Waals surface area contributed by atoms with E-state index in [1.165, 1.54) is 0 Å². The van der Waals surface area contributed by atoms with Gasteiger partial charge in [-0.3, -0.25) is 9.59 Å². The van der Waals surface area contributed by atoms with E-state index < -0.39 is 11.9 Å². The molecular formula is C7H13NO5. The third kappa shape index (κ3) is 8.77. The molecule has 0 heterocycles. The van der Waals surface area contributed by atoms with Crippen LogP contribution in [-0.4, -0.2) is 35.4 Å². The molecule has 0 aromatic carbocycles. The Morgan fingerprint density at radius 3 is 2.54 bits per heavy atom. The number of hydroxylamine groups is 1. The van der Waals surface area contributed by atoms with Crippen molar-refractivity contribution in [1.29, 1.82) is 0 Å². The monoisotopic (exact) mass is 191 g/mol. The molecule has 3 N–H and O–H groups in total. The summed E-state index contributed by atoms with van der Waals surface area (Å²) in [5, 5.41) is 16.4. The van der Waals surface area contributed by atoms with Crippen LogP contribution in [0.25, 0.3) is 0 Å². The van der Waals surface area contributed by atoms with E-state index in [2.05, 4.69) is 4.74 Å². The van der Waals surface area contributed by atoms with Gasteiger partial charge >= 0.3 is 11.9 Å². The molecular weight excluding hydrogens is 178 g/mol. The molecule has 0 saturated carbocycles. The van der Waals surface area contributed by atoms with Crippen LogP contribution >= 0.6 is 0 Å². The fourth-order valence-corrected chi connectivity index (χ4v) is 0.667. The van der Waals surface area contributed by atoms with Gasteiger partial charge in [0.05, 0.1) is 6.54 Å². The van der Waals surface area contributed by atoms with E-state index in [9.17, 15) is 9.59 Å². The number of nitrogens with one attached hydrogen (secondary N) is 1. The summed E-state index contributed by atoms with van der Waals surface area (Å²) in [5.74, 6) is -1.37. The van der Waals surface area contributed by atoms with Crippen LogP contribution in [0.3, 0.4) is 0 Å². The predicted molar refractivity (Wildman–Crippen MR) is 42.2 cm³/mol. The summed E-state index contributed by atoms with van der Waals surface area (Å²) in [5.41, 5.74) is 1.83. The summed E-state index contributed by atoms with van der Waals surface area (Å²) >= 11 is 0. The molecule has 6 nitrogen and oxygen atoms in total. The molecule has 0 amide bonds. The summed E-state index contributed by atoms with van der Waals surface area (Å²) in [6, 6.07) is 0. The zero-order valence-electron chi connectivity index (χ0n) is 7.15. The Morgan fingerprint density at radius 1 is 1.31 bits per heavy atom. The van der Waals surface area contributed by atoms with Crippen LogP contribution in [0, 0.1) is 0 Å². The number of esters is 1. The van der Waals surface area contributed by atoms with Gasteiger partial charge in [-0.15, -0.1) is 0 Å². The summed E-state index contributed by atoms with van der Waals surface area (Å²) in [6.45, 7) is 0.257. The van der Waals surface area contributed by atoms with Crippen molar-refractivity contribution in [1.82, 2.24) is 5.48 Å². The minimum absolute atomic E-state index is 0.0344. The fourth-order valence-electron chi connectivity index (χ4n) is 0.667. The van der Waals surface area contributed by atoms with Gasteiger partial charge in [0.1, 0.15) is 6.61 Å². The minimum atomic E-state index is -0.926. The Morgan fingerprint density at radius 2 is 2.00 bits per heavy atom. The van der Waals surface area contributed by atoms with Gasteiger partial charge in [-0.05, 0) is 6.42 Å². The smallest absolute Gasteiger partial charge is 0.305 e. The molecule has 0 bridgehead atoms. The van der Waals surface area contributed by atoms with Gasteiger partial charge in [0.2, 0.25) is 0 Å². The summed E-state index contributed by atoms with van der Waals surface area (Å²) in [7, 11) is 0. The summed E-state index contributed by atoms with van der Waals surface area (Å²) in [4.78, 5) is 20.8. The Balaban J connectivity index is 3.25. The van der Waals surface area contributed by atoms with Crippen molar-refractivity contribution < 1.29 is 24.6 Å². The first kappa shape index (κ1) is 11.9. The second-order valence-electron chi connectivity index (χ2n) is 2.38. The molecule has 0 saturated heterocycles. The molecule has 0 aliphatic heterocycles. The molecule has 0 aromatic rings. The standard InChI is InChI=1S/C7H13NO5/c9-6(10)2-1-3-7(11)13-5-4-8-12/h8,12H,1-5H2,(H,9,10). The van der Waals surface area contributed by atoms with Crippen molar-refractivity contribution in [2.24, 2.45) is 0 Å². The lowest BCUT2D eigenvalue weighted by atomic mass is 10.2. The largest absolute Gasteiger partial charge is 0.481 e. The number of carbonyl (C=O) groups is 2. The highest BCUT2D eigenvalue weighted by Gasteiger charge is 2.04. The molecule has 0 aliphatic carbocycles. The van der Waals surface area contributed by atoms with Crippen LogP contribution < -0.4 is 5.48 Å². The molecule has 0 atom stereocenters. The van der Waals surface area contributed by atoms with Gasteiger partial charge < -0.3 is 15.1 Å². The lowest BCUT2D eigenvalue weighted by molar-refractivity contribution is -0.144. The van der Waals surface area contributed by atoms with Gasteiger partial charge in [0.25, 0.3) is 0 Å². The van der Waals surface area contributed by atoms with Gasteiger partial charge in [0.15, 0.2) is 0 Å². The normalized spacial score (nSPS) is 9.62. The average Bonchev–Trinajstić information content (AvgIpc) is 2.04. The van der Waals surface area contributed by atoms with Crippen molar-refractivity contribution in [2.45, 2.75) is 19.3 Å². The number of carboxylic acids is 1. The van der Waals surface area contributed by atoms with E-state index in [0.717, 1.165) is 0 Å². The zero-order valence-corrected chi connectivity index (χ0v) is 7.15. The van der Waals surface area contributed by atoms with E-state index in [4.69, 9.17) is 10.3 Å². The predicted octanol–water partition coefficient (Wildman–Crippen LogP) is -0.237. The Bertz CT molecular complexity index is 170. The van der Waals surface area contributed by atoms with Crippen LogP contribution in [0.5, 0.6) is 0 Å². The van der Waals surface area contributed by atoms with Crippen LogP contribution in [0.4, 0.5) is 0 Å². The minimum Gasteiger partial charge on any atom is -0.481 e. The Labute approximate surface area is 75.5 Å². The molecule has 0 fully saturated rings. The average molecular weight is 191 g/mol. The first-order valence-electron chi connectivity index (χ1n) is 3.91. The second-order valence-corrected chi connectivity index (χ2v) is 2.38. The number of carbonyl (C=O) groups excluding carboxylic acids is 1. The van der Waals surface area contributed by atoms with Gasteiger partial charge in [-0.1, -0.05) is 0 Å². The number of ether oxygens (including phenoxy) is 1. The molecule has 0 radical (unpaired) electrons. The lowest BCUT2D eigenvalue weighted by Gasteiger charge is -2.02. The topological polar surface area (TPSA) is 95.9 Å². The lowest BCUT2D eigenvalue weighted by Crippen LogP contribution is -2.17. The maximum atomic E-state index is 10.8. The molecule has 0 unspecified atom stereocenters. The number of rotatable bonds is 7. The highest BCUT2D eigenvalue weighted by atomic mass is 16.5. The number of carboxylic acid groups (broad SMARTS) is 1. The van der Waals surface area contributed by atoms with Crippen molar-refractivity contribution in [2.75, 3.05) is 13.2 Å². The number of aliphatic carboxylic acids is 1. The Hall–Kier alpha value is -1.14. The molecule has 6 heteroatoms. The van der Waals surface area contributed by atoms with E-state index in [0.29, 0.717) is 0 Å². The Kier molecular flexibility index (Phi) is 6.85. The third-order valence-electron chi connectivity index (χ3n) is 1.25. The first-order chi connectivity index (χ1) is 6.16. The quantitative estimate of drug-likeness (QED) is 0.292. The molecule has 0 aromatic heterocycles. The van der Waals surface area contributed by atoms with Crippen molar-refractivity contribution in [3.63, 3.8) is 0 Å². The van der Waals surface area contributed by atoms with Crippen molar-refractivity contribution >= 4 is 11.9 Å². The molecule has 0 spiro atoms. The molecule has 0 rings (SSSR count). The molecule has 76 valence electrons. The summed E-state index contributed by atoms with van der Waals surface area (Å²) in [6.07, 6.45) is 0.339. The van der Waals surface area contributed by atoms with E-state index >= 15 is 0 Å². The van der Waals surface area contributed by atoms with Crippen LogP contribution in [0.15, 0.2) is 0 Å². The molecule has 13 heavy (non-hydrogen) atoms. The second kappa shape index (κ2) is 7.51. The van der Waals surface area contributed by atoms with E-state index in [-0.39, 0.29) is 32.4 Å². The maximum Gasteiger partial charge on any atom is 0.305 e. The SMILES string of the molecule is O=C(O)CCCC(=O)OCCNO. The van der Waals surface area contributed by atoms with E-state index in [1.54, 1.807) is 0 Å². The summed E-state index contributed by atoms with van der Waals surface area (Å²) < 4.78 is 4.61. The highest BCUT2D eigenvalue weighted by Crippen LogP contribution is 1.97. The number of hydrogen-bond donors (Lipinski definition) is 3. The zero-order chi connectivity index (χ0) is 10.1. The number of hydrogen-bond acceptors (Lipinski definition) is 5. The van der Waals surface area contributed by atoms with Gasteiger partial charge in [-0.25, -0.2) is 5.48 Å².